The van der Waals surface area contributed by atoms with E-state index in [-0.39, 0.29) is 12.3 Å². The number of carbonyl (C=O) groups is 2. The molecule has 3 N–H and O–H groups in total. The van der Waals surface area contributed by atoms with Crippen molar-refractivity contribution in [3.63, 3.8) is 0 Å². The van der Waals surface area contributed by atoms with Gasteiger partial charge in [0.05, 0.1) is 6.10 Å². The standard InChI is InChI=1S/C13H17NO4/c1-9(16)14-6-5-12(17)13(18)11-4-2-3-10(7-11)8-15/h2-4,7-8,12-13,17-18H,5-6H2,1H3,(H,14,16). The lowest BCUT2D eigenvalue weighted by atomic mass is 10.0. The highest BCUT2D eigenvalue weighted by atomic mass is 16.3. The lowest BCUT2D eigenvalue weighted by Crippen LogP contribution is -2.27. The van der Waals surface area contributed by atoms with Crippen LogP contribution in [-0.4, -0.2) is 35.1 Å². The summed E-state index contributed by atoms with van der Waals surface area (Å²) in [6.07, 6.45) is -1.14. The Kier molecular flexibility index (Phi) is 5.48. The average Bonchev–Trinajstić information content (AvgIpc) is 2.37. The monoisotopic (exact) mass is 251 g/mol. The van der Waals surface area contributed by atoms with E-state index in [0.717, 1.165) is 0 Å². The molecular weight excluding hydrogens is 234 g/mol. The van der Waals surface area contributed by atoms with Gasteiger partial charge >= 0.3 is 0 Å². The average molecular weight is 251 g/mol. The van der Waals surface area contributed by atoms with Crippen LogP contribution in [0.5, 0.6) is 0 Å². The van der Waals surface area contributed by atoms with E-state index in [1.54, 1.807) is 18.2 Å². The van der Waals surface area contributed by atoms with Crippen LogP contribution in [0, 0.1) is 0 Å². The molecule has 0 saturated carbocycles. The molecule has 5 heteroatoms. The molecule has 1 amide bonds. The summed E-state index contributed by atoms with van der Waals surface area (Å²) in [5.41, 5.74) is 0.926. The third-order valence-electron chi connectivity index (χ3n) is 2.57. The maximum absolute atomic E-state index is 10.7. The van der Waals surface area contributed by atoms with Crippen LogP contribution in [0.4, 0.5) is 0 Å². The first kappa shape index (κ1) is 14.3. The Morgan fingerprint density at radius 1 is 1.44 bits per heavy atom. The number of carbonyl (C=O) groups excluding carboxylic acids is 2. The topological polar surface area (TPSA) is 86.6 Å². The Morgan fingerprint density at radius 3 is 2.78 bits per heavy atom. The van der Waals surface area contributed by atoms with Crippen LogP contribution in [0.15, 0.2) is 24.3 Å². The number of aldehydes is 1. The van der Waals surface area contributed by atoms with Gasteiger partial charge in [-0.15, -0.1) is 0 Å². The molecule has 0 aliphatic carbocycles. The minimum Gasteiger partial charge on any atom is -0.390 e. The number of hydrogen-bond acceptors (Lipinski definition) is 4. The fourth-order valence-corrected chi connectivity index (χ4v) is 1.59. The molecule has 0 heterocycles. The lowest BCUT2D eigenvalue weighted by Gasteiger charge is -2.18. The largest absolute Gasteiger partial charge is 0.390 e. The molecule has 0 bridgehead atoms. The van der Waals surface area contributed by atoms with E-state index in [2.05, 4.69) is 5.32 Å². The molecule has 5 nitrogen and oxygen atoms in total. The van der Waals surface area contributed by atoms with Gasteiger partial charge in [-0.3, -0.25) is 9.59 Å². The molecule has 1 aromatic carbocycles. The molecule has 18 heavy (non-hydrogen) atoms. The van der Waals surface area contributed by atoms with Gasteiger partial charge in [-0.25, -0.2) is 0 Å². The van der Waals surface area contributed by atoms with Gasteiger partial charge in [-0.05, 0) is 18.1 Å². The van der Waals surface area contributed by atoms with Crippen molar-refractivity contribution < 1.29 is 19.8 Å². The summed E-state index contributed by atoms with van der Waals surface area (Å²) >= 11 is 0. The molecule has 0 saturated heterocycles. The number of nitrogens with one attached hydrogen (secondary N) is 1. The predicted molar refractivity (Wildman–Crippen MR) is 66.1 cm³/mol. The van der Waals surface area contributed by atoms with Crippen LogP contribution in [0.1, 0.15) is 35.4 Å². The van der Waals surface area contributed by atoms with E-state index in [1.807, 2.05) is 0 Å². The SMILES string of the molecule is CC(=O)NCCC(O)C(O)c1cccc(C=O)c1. The van der Waals surface area contributed by atoms with Crippen LogP contribution in [0.2, 0.25) is 0 Å². The minimum atomic E-state index is -1.07. The second-order valence-corrected chi connectivity index (χ2v) is 4.07. The van der Waals surface area contributed by atoms with Gasteiger partial charge in [-0.1, -0.05) is 18.2 Å². The van der Waals surface area contributed by atoms with E-state index in [1.165, 1.54) is 13.0 Å². The quantitative estimate of drug-likeness (QED) is 0.639. The molecule has 0 aliphatic rings. The highest BCUT2D eigenvalue weighted by molar-refractivity contribution is 5.75. The summed E-state index contributed by atoms with van der Waals surface area (Å²) in [6.45, 7) is 1.68. The summed E-state index contributed by atoms with van der Waals surface area (Å²) in [5.74, 6) is -0.181. The van der Waals surface area contributed by atoms with Crippen molar-refractivity contribution >= 4 is 12.2 Å². The Balaban J connectivity index is 2.58. The van der Waals surface area contributed by atoms with Crippen molar-refractivity contribution in [3.8, 4) is 0 Å². The molecule has 0 spiro atoms. The molecule has 0 aromatic heterocycles. The van der Waals surface area contributed by atoms with Crippen molar-refractivity contribution in [2.24, 2.45) is 0 Å². The van der Waals surface area contributed by atoms with Gasteiger partial charge in [0, 0.05) is 19.0 Å². The van der Waals surface area contributed by atoms with Gasteiger partial charge < -0.3 is 15.5 Å². The van der Waals surface area contributed by atoms with Crippen LogP contribution in [0.3, 0.4) is 0 Å². The Bertz CT molecular complexity index is 419. The summed E-state index contributed by atoms with van der Waals surface area (Å²) in [7, 11) is 0. The van der Waals surface area contributed by atoms with Crippen molar-refractivity contribution in [1.82, 2.24) is 5.32 Å². The molecule has 2 atom stereocenters. The molecule has 1 aromatic rings. The summed E-state index contributed by atoms with van der Waals surface area (Å²) in [4.78, 5) is 21.3. The van der Waals surface area contributed by atoms with E-state index < -0.39 is 12.2 Å². The first-order valence-corrected chi connectivity index (χ1v) is 5.70. The zero-order chi connectivity index (χ0) is 13.5. The van der Waals surface area contributed by atoms with Gasteiger partial charge in [0.25, 0.3) is 0 Å². The number of benzene rings is 1. The van der Waals surface area contributed by atoms with E-state index in [0.29, 0.717) is 24.0 Å². The van der Waals surface area contributed by atoms with E-state index in [9.17, 15) is 19.8 Å². The lowest BCUT2D eigenvalue weighted by molar-refractivity contribution is -0.119. The number of rotatable bonds is 6. The van der Waals surface area contributed by atoms with Crippen molar-refractivity contribution in [3.05, 3.63) is 35.4 Å². The summed E-state index contributed by atoms with van der Waals surface area (Å²) in [6, 6.07) is 6.42. The first-order chi connectivity index (χ1) is 8.54. The first-order valence-electron chi connectivity index (χ1n) is 5.70. The fraction of sp³-hybridized carbons (Fsp3) is 0.385. The van der Waals surface area contributed by atoms with Gasteiger partial charge in [0.1, 0.15) is 12.4 Å². The predicted octanol–water partition coefficient (Wildman–Crippen LogP) is 0.420. The maximum Gasteiger partial charge on any atom is 0.216 e. The number of amides is 1. The van der Waals surface area contributed by atoms with Crippen molar-refractivity contribution in [2.75, 3.05) is 6.54 Å². The van der Waals surface area contributed by atoms with Crippen LogP contribution in [-0.2, 0) is 4.79 Å². The van der Waals surface area contributed by atoms with Gasteiger partial charge in [0.2, 0.25) is 5.91 Å². The molecule has 98 valence electrons. The van der Waals surface area contributed by atoms with Crippen molar-refractivity contribution in [2.45, 2.75) is 25.6 Å². The molecule has 0 radical (unpaired) electrons. The van der Waals surface area contributed by atoms with Crippen molar-refractivity contribution in [1.29, 1.82) is 0 Å². The highest BCUT2D eigenvalue weighted by Crippen LogP contribution is 2.19. The molecule has 2 unspecified atom stereocenters. The highest BCUT2D eigenvalue weighted by Gasteiger charge is 2.18. The molecule has 1 rings (SSSR count). The second kappa shape index (κ2) is 6.88. The zero-order valence-electron chi connectivity index (χ0n) is 10.2. The number of aliphatic hydroxyl groups excluding tert-OH is 2. The van der Waals surface area contributed by atoms with Gasteiger partial charge in [-0.2, -0.15) is 0 Å². The summed E-state index contributed by atoms with van der Waals surface area (Å²) in [5, 5.41) is 22.2. The molecule has 0 fully saturated rings. The Morgan fingerprint density at radius 2 is 2.17 bits per heavy atom. The molecule has 0 aliphatic heterocycles. The van der Waals surface area contributed by atoms with Crippen LogP contribution < -0.4 is 5.32 Å². The third kappa shape index (κ3) is 4.27. The third-order valence-corrected chi connectivity index (χ3v) is 2.57. The smallest absolute Gasteiger partial charge is 0.216 e. The van der Waals surface area contributed by atoms with Crippen LogP contribution >= 0.6 is 0 Å². The minimum absolute atomic E-state index is 0.181. The van der Waals surface area contributed by atoms with E-state index in [4.69, 9.17) is 0 Å². The van der Waals surface area contributed by atoms with E-state index >= 15 is 0 Å². The Hall–Kier alpha value is -1.72. The number of aliphatic hydroxyl groups is 2. The maximum atomic E-state index is 10.7. The van der Waals surface area contributed by atoms with Crippen LogP contribution in [0.25, 0.3) is 0 Å². The zero-order valence-corrected chi connectivity index (χ0v) is 10.2. The fourth-order valence-electron chi connectivity index (χ4n) is 1.59. The normalized spacial score (nSPS) is 13.7. The second-order valence-electron chi connectivity index (χ2n) is 4.07. The number of hydrogen-bond donors (Lipinski definition) is 3. The summed E-state index contributed by atoms with van der Waals surface area (Å²) < 4.78 is 0. The van der Waals surface area contributed by atoms with Gasteiger partial charge in [0.15, 0.2) is 0 Å². The Labute approximate surface area is 105 Å². The molecular formula is C13H17NO4.